The first kappa shape index (κ1) is 15.3. The lowest BCUT2D eigenvalue weighted by molar-refractivity contribution is -0.0498. The number of nitrogens with zero attached hydrogens (tertiary/aromatic N) is 2. The first-order valence-corrected chi connectivity index (χ1v) is 7.80. The van der Waals surface area contributed by atoms with Gasteiger partial charge >= 0.3 is 6.61 Å². The topological polar surface area (TPSA) is 26.5 Å². The number of alkyl halides is 2. The third-order valence-electron chi connectivity index (χ3n) is 3.98. The summed E-state index contributed by atoms with van der Waals surface area (Å²) in [5.41, 5.74) is 2.82. The number of halogens is 2. The molecule has 124 valence electrons. The van der Waals surface area contributed by atoms with Gasteiger partial charge in [0, 0.05) is 10.8 Å². The summed E-state index contributed by atoms with van der Waals surface area (Å²) in [7, 11) is 0. The van der Waals surface area contributed by atoms with Crippen molar-refractivity contribution in [3.63, 3.8) is 0 Å². The van der Waals surface area contributed by atoms with Crippen molar-refractivity contribution in [2.75, 3.05) is 0 Å². The van der Waals surface area contributed by atoms with Gasteiger partial charge in [-0.05, 0) is 42.0 Å². The molecule has 0 saturated carbocycles. The summed E-state index contributed by atoms with van der Waals surface area (Å²) in [4.78, 5) is 0. The fraction of sp³-hybridized carbons (Fsp3) is 0.0500. The van der Waals surface area contributed by atoms with Gasteiger partial charge in [0.25, 0.3) is 0 Å². The number of ether oxygens (including phenoxy) is 1. The van der Waals surface area contributed by atoms with Gasteiger partial charge in [-0.15, -0.1) is 0 Å². The number of hydrogen-bond donors (Lipinski definition) is 0. The molecule has 0 unspecified atom stereocenters. The van der Waals surface area contributed by atoms with Crippen molar-refractivity contribution < 1.29 is 13.5 Å². The van der Waals surface area contributed by atoms with Crippen LogP contribution in [0.3, 0.4) is 0 Å². The number of aromatic nitrogens is 1. The average Bonchev–Trinajstić information content (AvgIpc) is 2.95. The minimum absolute atomic E-state index is 0.129. The first-order valence-electron chi connectivity index (χ1n) is 7.80. The summed E-state index contributed by atoms with van der Waals surface area (Å²) in [6, 6.07) is 22.5. The number of rotatable bonds is 4. The zero-order valence-corrected chi connectivity index (χ0v) is 13.1. The van der Waals surface area contributed by atoms with Crippen LogP contribution in [-0.2, 0) is 0 Å². The molecule has 0 saturated heterocycles. The Bertz CT molecular complexity index is 999. The molecule has 5 heteroatoms. The van der Waals surface area contributed by atoms with E-state index in [1.165, 1.54) is 12.1 Å². The van der Waals surface area contributed by atoms with E-state index < -0.39 is 6.61 Å². The van der Waals surface area contributed by atoms with Crippen LogP contribution in [0.15, 0.2) is 77.9 Å². The Hall–Kier alpha value is -3.21. The molecule has 4 aromatic rings. The SMILES string of the molecule is FC(F)Oc1ccc(/C=N\n2c3ccccc3c3ccccc32)cc1. The minimum Gasteiger partial charge on any atom is -0.435 e. The molecule has 0 atom stereocenters. The lowest BCUT2D eigenvalue weighted by Gasteiger charge is -2.04. The van der Waals surface area contributed by atoms with E-state index in [-0.39, 0.29) is 5.75 Å². The molecule has 0 amide bonds. The number of hydrogen-bond acceptors (Lipinski definition) is 2. The van der Waals surface area contributed by atoms with Crippen molar-refractivity contribution in [2.45, 2.75) is 6.61 Å². The summed E-state index contributed by atoms with van der Waals surface area (Å²) in [6.45, 7) is -2.82. The molecule has 0 aliphatic carbocycles. The smallest absolute Gasteiger partial charge is 0.387 e. The van der Waals surface area contributed by atoms with E-state index >= 15 is 0 Å². The van der Waals surface area contributed by atoms with Gasteiger partial charge in [0.15, 0.2) is 0 Å². The summed E-state index contributed by atoms with van der Waals surface area (Å²) >= 11 is 0. The molecule has 3 nitrogen and oxygen atoms in total. The summed E-state index contributed by atoms with van der Waals surface area (Å²) in [5.74, 6) is 0.129. The van der Waals surface area contributed by atoms with E-state index in [1.807, 2.05) is 41.1 Å². The standard InChI is InChI=1S/C20H14F2N2O/c21-20(22)25-15-11-9-14(10-12-15)13-23-24-18-7-3-1-5-16(18)17-6-2-4-8-19(17)24/h1-13,20H/b23-13-. The minimum atomic E-state index is -2.82. The van der Waals surface area contributed by atoms with E-state index in [9.17, 15) is 8.78 Å². The molecule has 0 spiro atoms. The van der Waals surface area contributed by atoms with E-state index in [4.69, 9.17) is 0 Å². The zero-order valence-electron chi connectivity index (χ0n) is 13.1. The van der Waals surface area contributed by atoms with Crippen molar-refractivity contribution in [3.05, 3.63) is 78.4 Å². The van der Waals surface area contributed by atoms with E-state index in [1.54, 1.807) is 18.3 Å². The van der Waals surface area contributed by atoms with Crippen LogP contribution in [0.4, 0.5) is 8.78 Å². The average molecular weight is 336 g/mol. The molecule has 1 aromatic heterocycles. The molecular weight excluding hydrogens is 322 g/mol. The maximum absolute atomic E-state index is 12.2. The normalized spacial score (nSPS) is 11.8. The Labute approximate surface area is 142 Å². The molecule has 0 fully saturated rings. The van der Waals surface area contributed by atoms with Crippen LogP contribution in [0.2, 0.25) is 0 Å². The van der Waals surface area contributed by atoms with Crippen molar-refractivity contribution in [1.82, 2.24) is 4.68 Å². The van der Waals surface area contributed by atoms with Crippen LogP contribution in [0.25, 0.3) is 21.8 Å². The molecule has 0 aliphatic rings. The first-order chi connectivity index (χ1) is 12.2. The van der Waals surface area contributed by atoms with Gasteiger partial charge in [-0.3, -0.25) is 0 Å². The predicted molar refractivity (Wildman–Crippen MR) is 95.5 cm³/mol. The number of para-hydroxylation sites is 2. The lowest BCUT2D eigenvalue weighted by Crippen LogP contribution is -2.01. The van der Waals surface area contributed by atoms with Gasteiger partial charge in [-0.25, -0.2) is 4.68 Å². The molecule has 25 heavy (non-hydrogen) atoms. The highest BCUT2D eigenvalue weighted by Gasteiger charge is 2.08. The molecule has 3 aromatic carbocycles. The van der Waals surface area contributed by atoms with Crippen molar-refractivity contribution in [3.8, 4) is 5.75 Å². The van der Waals surface area contributed by atoms with Crippen LogP contribution in [-0.4, -0.2) is 17.5 Å². The van der Waals surface area contributed by atoms with Crippen LogP contribution >= 0.6 is 0 Å². The summed E-state index contributed by atoms with van der Waals surface area (Å²) < 4.78 is 30.6. The monoisotopic (exact) mass is 336 g/mol. The molecular formula is C20H14F2N2O. The largest absolute Gasteiger partial charge is 0.435 e. The van der Waals surface area contributed by atoms with Crippen LogP contribution in [0.5, 0.6) is 5.75 Å². The highest BCUT2D eigenvalue weighted by molar-refractivity contribution is 6.08. The Morgan fingerprint density at radius 3 is 1.92 bits per heavy atom. The Balaban J connectivity index is 1.73. The highest BCUT2D eigenvalue weighted by Crippen LogP contribution is 2.28. The Morgan fingerprint density at radius 1 is 0.800 bits per heavy atom. The molecule has 1 heterocycles. The van der Waals surface area contributed by atoms with Crippen molar-refractivity contribution in [1.29, 1.82) is 0 Å². The summed E-state index contributed by atoms with van der Waals surface area (Å²) in [6.07, 6.45) is 1.70. The zero-order chi connectivity index (χ0) is 17.2. The molecule has 0 bridgehead atoms. The second kappa shape index (κ2) is 6.36. The third-order valence-corrected chi connectivity index (χ3v) is 3.98. The molecule has 0 aliphatic heterocycles. The second-order valence-electron chi connectivity index (χ2n) is 5.54. The Morgan fingerprint density at radius 2 is 1.36 bits per heavy atom. The van der Waals surface area contributed by atoms with Gasteiger partial charge in [0.1, 0.15) is 5.75 Å². The van der Waals surface area contributed by atoms with Gasteiger partial charge in [-0.1, -0.05) is 36.4 Å². The quantitative estimate of drug-likeness (QED) is 0.466. The van der Waals surface area contributed by atoms with E-state index in [0.717, 1.165) is 27.4 Å². The second-order valence-corrected chi connectivity index (χ2v) is 5.54. The van der Waals surface area contributed by atoms with E-state index in [2.05, 4.69) is 22.0 Å². The summed E-state index contributed by atoms with van der Waals surface area (Å²) in [5, 5.41) is 6.86. The van der Waals surface area contributed by atoms with E-state index in [0.29, 0.717) is 0 Å². The van der Waals surface area contributed by atoms with Crippen LogP contribution in [0, 0.1) is 0 Å². The van der Waals surface area contributed by atoms with Gasteiger partial charge in [0.05, 0.1) is 17.2 Å². The maximum atomic E-state index is 12.2. The van der Waals surface area contributed by atoms with Gasteiger partial charge in [-0.2, -0.15) is 13.9 Å². The number of benzene rings is 3. The highest BCUT2D eigenvalue weighted by atomic mass is 19.3. The molecule has 4 rings (SSSR count). The van der Waals surface area contributed by atoms with Crippen LogP contribution < -0.4 is 4.74 Å². The van der Waals surface area contributed by atoms with Gasteiger partial charge in [0.2, 0.25) is 0 Å². The third kappa shape index (κ3) is 2.96. The van der Waals surface area contributed by atoms with Crippen molar-refractivity contribution >= 4 is 28.0 Å². The lowest BCUT2D eigenvalue weighted by atomic mass is 10.2. The van der Waals surface area contributed by atoms with Crippen LogP contribution in [0.1, 0.15) is 5.56 Å². The Kier molecular flexibility index (Phi) is 3.90. The van der Waals surface area contributed by atoms with Gasteiger partial charge < -0.3 is 4.74 Å². The fourth-order valence-corrected chi connectivity index (χ4v) is 2.89. The van der Waals surface area contributed by atoms with Crippen molar-refractivity contribution in [2.24, 2.45) is 5.10 Å². The maximum Gasteiger partial charge on any atom is 0.387 e. The number of fused-ring (bicyclic) bond motifs is 3. The molecule has 0 radical (unpaired) electrons. The fourth-order valence-electron chi connectivity index (χ4n) is 2.89. The predicted octanol–water partition coefficient (Wildman–Crippen LogP) is 5.28. The molecule has 0 N–H and O–H groups in total.